The van der Waals surface area contributed by atoms with Crippen LogP contribution in [0.4, 0.5) is 5.95 Å². The van der Waals surface area contributed by atoms with E-state index >= 15 is 0 Å². The summed E-state index contributed by atoms with van der Waals surface area (Å²) in [7, 11) is 1.69. The summed E-state index contributed by atoms with van der Waals surface area (Å²) in [4.78, 5) is 16.5. The Kier molecular flexibility index (Phi) is 4.28. The van der Waals surface area contributed by atoms with Crippen molar-refractivity contribution in [2.45, 2.75) is 6.42 Å². The molecule has 0 radical (unpaired) electrons. The molecule has 0 atom stereocenters. The number of nitrogens with zero attached hydrogens (tertiary/aromatic N) is 3. The van der Waals surface area contributed by atoms with E-state index in [-0.39, 0.29) is 12.5 Å². The van der Waals surface area contributed by atoms with Crippen molar-refractivity contribution >= 4 is 23.2 Å². The Hall–Kier alpha value is -2.17. The molecule has 2 N–H and O–H groups in total. The minimum atomic E-state index is -0.264. The van der Waals surface area contributed by atoms with Crippen LogP contribution >= 0.6 is 11.3 Å². The lowest BCUT2D eigenvalue weighted by Crippen LogP contribution is -2.15. The topological polar surface area (TPSA) is 80.0 Å². The van der Waals surface area contributed by atoms with Crippen LogP contribution in [0, 0.1) is 11.8 Å². The van der Waals surface area contributed by atoms with Crippen molar-refractivity contribution in [2.24, 2.45) is 7.05 Å². The number of aliphatic hydroxyl groups excluding tert-OH is 1. The molecule has 0 spiro atoms. The van der Waals surface area contributed by atoms with Crippen molar-refractivity contribution in [1.29, 1.82) is 0 Å². The molecular weight excluding hydrogens is 264 g/mol. The van der Waals surface area contributed by atoms with Crippen LogP contribution in [0.2, 0.25) is 0 Å². The molecule has 6 nitrogen and oxygen atoms in total. The van der Waals surface area contributed by atoms with E-state index in [1.165, 1.54) is 22.3 Å². The summed E-state index contributed by atoms with van der Waals surface area (Å²) in [6.07, 6.45) is 1.76. The quantitative estimate of drug-likeness (QED) is 0.815. The van der Waals surface area contributed by atoms with Crippen molar-refractivity contribution in [2.75, 3.05) is 11.9 Å². The van der Waals surface area contributed by atoms with E-state index in [0.717, 1.165) is 0 Å². The number of nitrogens with one attached hydrogen (secondary N) is 1. The molecule has 0 aliphatic rings. The highest BCUT2D eigenvalue weighted by molar-refractivity contribution is 7.12. The van der Waals surface area contributed by atoms with Gasteiger partial charge in [0.15, 0.2) is 0 Å². The standard InChI is InChI=1S/C12H12N4O2S/c1-16-12(13-8-14-16)15-11(18)10-9(5-7-19-10)4-2-3-6-17/h5,7-8,17H,3,6H2,1H3,(H,13,14,15,18). The second-order valence-corrected chi connectivity index (χ2v) is 4.52. The van der Waals surface area contributed by atoms with E-state index in [1.807, 2.05) is 0 Å². The van der Waals surface area contributed by atoms with Crippen LogP contribution in [0.25, 0.3) is 0 Å². The first-order valence-corrected chi connectivity index (χ1v) is 6.43. The maximum atomic E-state index is 12.1. The summed E-state index contributed by atoms with van der Waals surface area (Å²) in [6.45, 7) is 0.0115. The molecule has 0 aliphatic heterocycles. The van der Waals surface area contributed by atoms with Crippen LogP contribution < -0.4 is 5.32 Å². The lowest BCUT2D eigenvalue weighted by Gasteiger charge is -2.02. The number of aryl methyl sites for hydroxylation is 1. The molecule has 0 saturated heterocycles. The first-order valence-electron chi connectivity index (χ1n) is 5.55. The summed E-state index contributed by atoms with van der Waals surface area (Å²) >= 11 is 1.31. The highest BCUT2D eigenvalue weighted by Crippen LogP contribution is 2.17. The lowest BCUT2D eigenvalue weighted by molar-refractivity contribution is 0.102. The molecule has 0 aliphatic carbocycles. The fourth-order valence-electron chi connectivity index (χ4n) is 1.36. The van der Waals surface area contributed by atoms with Gasteiger partial charge in [0.25, 0.3) is 5.91 Å². The van der Waals surface area contributed by atoms with Crippen LogP contribution in [0.15, 0.2) is 17.8 Å². The number of aliphatic hydroxyl groups is 1. The van der Waals surface area contributed by atoms with Gasteiger partial charge in [-0.15, -0.1) is 11.3 Å². The van der Waals surface area contributed by atoms with Gasteiger partial charge in [0.1, 0.15) is 11.2 Å². The van der Waals surface area contributed by atoms with Gasteiger partial charge in [-0.2, -0.15) is 10.1 Å². The van der Waals surface area contributed by atoms with Crippen molar-refractivity contribution < 1.29 is 9.90 Å². The molecule has 0 fully saturated rings. The zero-order chi connectivity index (χ0) is 13.7. The molecule has 0 aromatic carbocycles. The molecule has 1 amide bonds. The molecule has 2 aromatic rings. The summed E-state index contributed by atoms with van der Waals surface area (Å²) in [6, 6.07) is 1.78. The molecular formula is C12H12N4O2S. The summed E-state index contributed by atoms with van der Waals surface area (Å²) in [5.41, 5.74) is 0.651. The van der Waals surface area contributed by atoms with Gasteiger partial charge in [-0.1, -0.05) is 11.8 Å². The number of thiophene rings is 1. The van der Waals surface area contributed by atoms with Crippen molar-refractivity contribution in [1.82, 2.24) is 14.8 Å². The third-order valence-electron chi connectivity index (χ3n) is 2.27. The molecule has 98 valence electrons. The highest BCUT2D eigenvalue weighted by Gasteiger charge is 2.14. The Morgan fingerprint density at radius 2 is 2.47 bits per heavy atom. The SMILES string of the molecule is Cn1ncnc1NC(=O)c1sccc1C#CCCO. The predicted molar refractivity (Wildman–Crippen MR) is 71.9 cm³/mol. The third-order valence-corrected chi connectivity index (χ3v) is 3.18. The molecule has 7 heteroatoms. The minimum absolute atomic E-state index is 0.0115. The zero-order valence-corrected chi connectivity index (χ0v) is 11.1. The van der Waals surface area contributed by atoms with Crippen LogP contribution in [-0.2, 0) is 7.05 Å². The molecule has 2 rings (SSSR count). The molecule has 2 aromatic heterocycles. The van der Waals surface area contributed by atoms with E-state index in [4.69, 9.17) is 5.11 Å². The van der Waals surface area contributed by atoms with Crippen molar-refractivity contribution in [3.8, 4) is 11.8 Å². The average Bonchev–Trinajstić information content (AvgIpc) is 3.00. The fraction of sp³-hybridized carbons (Fsp3) is 0.250. The van der Waals surface area contributed by atoms with E-state index < -0.39 is 0 Å². The molecule has 2 heterocycles. The van der Waals surface area contributed by atoms with Gasteiger partial charge in [-0.05, 0) is 11.4 Å². The normalized spacial score (nSPS) is 9.79. The monoisotopic (exact) mass is 276 g/mol. The maximum absolute atomic E-state index is 12.1. The Bertz CT molecular complexity index is 635. The number of hydrogen-bond donors (Lipinski definition) is 2. The Morgan fingerprint density at radius 1 is 1.63 bits per heavy atom. The largest absolute Gasteiger partial charge is 0.395 e. The van der Waals surface area contributed by atoms with Gasteiger partial charge in [0.05, 0.1) is 6.61 Å². The van der Waals surface area contributed by atoms with Crippen molar-refractivity contribution in [3.63, 3.8) is 0 Å². The number of aromatic nitrogens is 3. The number of rotatable bonds is 3. The minimum Gasteiger partial charge on any atom is -0.395 e. The van der Waals surface area contributed by atoms with E-state index in [1.54, 1.807) is 18.5 Å². The molecule has 0 unspecified atom stereocenters. The number of carbonyl (C=O) groups excluding carboxylic acids is 1. The predicted octanol–water partition coefficient (Wildman–Crippen LogP) is 0.863. The van der Waals surface area contributed by atoms with Crippen LogP contribution in [-0.4, -0.2) is 32.4 Å². The van der Waals surface area contributed by atoms with Gasteiger partial charge in [0, 0.05) is 19.0 Å². The maximum Gasteiger partial charge on any atom is 0.269 e. The Balaban J connectivity index is 2.15. The number of anilines is 1. The van der Waals surface area contributed by atoms with Crippen LogP contribution in [0.3, 0.4) is 0 Å². The van der Waals surface area contributed by atoms with E-state index in [2.05, 4.69) is 27.2 Å². The van der Waals surface area contributed by atoms with Crippen molar-refractivity contribution in [3.05, 3.63) is 28.2 Å². The summed E-state index contributed by atoms with van der Waals surface area (Å²) in [5, 5.41) is 17.0. The van der Waals surface area contributed by atoms with Gasteiger partial charge < -0.3 is 5.11 Å². The molecule has 19 heavy (non-hydrogen) atoms. The Morgan fingerprint density at radius 3 is 3.16 bits per heavy atom. The van der Waals surface area contributed by atoms with Gasteiger partial charge in [-0.3, -0.25) is 10.1 Å². The summed E-state index contributed by atoms with van der Waals surface area (Å²) < 4.78 is 1.47. The second-order valence-electron chi connectivity index (χ2n) is 3.60. The number of carbonyl (C=O) groups is 1. The van der Waals surface area contributed by atoms with Gasteiger partial charge in [0.2, 0.25) is 5.95 Å². The Labute approximate surface area is 114 Å². The third kappa shape index (κ3) is 3.19. The smallest absolute Gasteiger partial charge is 0.269 e. The molecule has 0 bridgehead atoms. The second kappa shape index (κ2) is 6.13. The summed E-state index contributed by atoms with van der Waals surface area (Å²) in [5.74, 6) is 5.78. The fourth-order valence-corrected chi connectivity index (χ4v) is 2.11. The van der Waals surface area contributed by atoms with Crippen LogP contribution in [0.1, 0.15) is 21.7 Å². The van der Waals surface area contributed by atoms with Gasteiger partial charge >= 0.3 is 0 Å². The first-order chi connectivity index (χ1) is 9.22. The van der Waals surface area contributed by atoms with Gasteiger partial charge in [-0.25, -0.2) is 4.68 Å². The lowest BCUT2D eigenvalue weighted by atomic mass is 10.2. The number of hydrogen-bond acceptors (Lipinski definition) is 5. The van der Waals surface area contributed by atoms with Crippen LogP contribution in [0.5, 0.6) is 0 Å². The molecule has 0 saturated carbocycles. The van der Waals surface area contributed by atoms with E-state index in [0.29, 0.717) is 22.8 Å². The highest BCUT2D eigenvalue weighted by atomic mass is 32.1. The average molecular weight is 276 g/mol. The zero-order valence-electron chi connectivity index (χ0n) is 10.3. The number of amides is 1. The first kappa shape index (κ1) is 13.3. The van der Waals surface area contributed by atoms with E-state index in [9.17, 15) is 4.79 Å².